The van der Waals surface area contributed by atoms with E-state index in [0.29, 0.717) is 5.56 Å². The number of nitrogens with zero attached hydrogens (tertiary/aromatic N) is 1. The second-order valence-electron chi connectivity index (χ2n) is 6.02. The van der Waals surface area contributed by atoms with Gasteiger partial charge in [0.2, 0.25) is 5.91 Å². The van der Waals surface area contributed by atoms with Crippen LogP contribution in [0.4, 0.5) is 4.39 Å². The summed E-state index contributed by atoms with van der Waals surface area (Å²) in [5, 5.41) is 9.37. The number of amides is 1. The largest absolute Gasteiger partial charge is 0.481 e. The second-order valence-corrected chi connectivity index (χ2v) is 6.02. The van der Waals surface area contributed by atoms with Crippen molar-refractivity contribution in [3.63, 3.8) is 0 Å². The van der Waals surface area contributed by atoms with Crippen molar-refractivity contribution in [3.8, 4) is 0 Å². The zero-order chi connectivity index (χ0) is 15.5. The monoisotopic (exact) mass is 303 g/mol. The van der Waals surface area contributed by atoms with Crippen molar-refractivity contribution in [1.82, 2.24) is 4.90 Å². The number of carbonyl (C=O) groups is 2. The molecule has 5 nitrogen and oxygen atoms in total. The molecule has 22 heavy (non-hydrogen) atoms. The van der Waals surface area contributed by atoms with Gasteiger partial charge in [0, 0.05) is 12.1 Å². The van der Waals surface area contributed by atoms with E-state index in [0.717, 1.165) is 0 Å². The lowest BCUT2D eigenvalue weighted by atomic mass is 9.77. The number of benzene rings is 1. The van der Waals surface area contributed by atoms with Crippen LogP contribution in [0.3, 0.4) is 0 Å². The lowest BCUT2D eigenvalue weighted by molar-refractivity contribution is -0.148. The standard InChI is InChI=1S/C16H14FNO4/c17-10-4-2-1-3-9(10)7-18-8-16-6-5-11(22-16)12(15(20)21)13(16)14(18)19/h1-6,11-13H,7-8H2,(H,20,21)/t11-,12-,13+,16+/m0/s1. The fraction of sp³-hybridized carbons (Fsp3) is 0.375. The zero-order valence-corrected chi connectivity index (χ0v) is 11.6. The van der Waals surface area contributed by atoms with Crippen molar-refractivity contribution in [2.45, 2.75) is 18.2 Å². The van der Waals surface area contributed by atoms with E-state index in [-0.39, 0.29) is 24.8 Å². The Kier molecular flexibility index (Phi) is 2.69. The maximum atomic E-state index is 13.8. The van der Waals surface area contributed by atoms with Gasteiger partial charge in [-0.1, -0.05) is 30.4 Å². The van der Waals surface area contributed by atoms with Gasteiger partial charge in [-0.2, -0.15) is 0 Å². The Balaban J connectivity index is 1.64. The van der Waals surface area contributed by atoms with Crippen LogP contribution in [-0.2, 0) is 20.9 Å². The first-order valence-electron chi connectivity index (χ1n) is 7.14. The molecule has 4 rings (SSSR count). The molecule has 3 heterocycles. The van der Waals surface area contributed by atoms with E-state index in [1.807, 2.05) is 0 Å². The van der Waals surface area contributed by atoms with Crippen LogP contribution in [0.1, 0.15) is 5.56 Å². The Bertz CT molecular complexity index is 703. The van der Waals surface area contributed by atoms with Gasteiger partial charge in [-0.3, -0.25) is 9.59 Å². The number of ether oxygens (including phenoxy) is 1. The minimum absolute atomic E-state index is 0.123. The minimum Gasteiger partial charge on any atom is -0.481 e. The van der Waals surface area contributed by atoms with Crippen LogP contribution in [0.15, 0.2) is 36.4 Å². The normalized spacial score (nSPS) is 35.2. The molecule has 0 aliphatic carbocycles. The third kappa shape index (κ3) is 1.67. The molecule has 3 aliphatic heterocycles. The minimum atomic E-state index is -1.03. The average molecular weight is 303 g/mol. The Morgan fingerprint density at radius 1 is 1.45 bits per heavy atom. The predicted molar refractivity (Wildman–Crippen MR) is 73.2 cm³/mol. The topological polar surface area (TPSA) is 66.8 Å². The first kappa shape index (κ1) is 13.5. The molecule has 114 valence electrons. The molecule has 4 atom stereocenters. The molecule has 6 heteroatoms. The summed E-state index contributed by atoms with van der Waals surface area (Å²) in [5.74, 6) is -3.25. The van der Waals surface area contributed by atoms with Crippen LogP contribution in [0.2, 0.25) is 0 Å². The van der Waals surface area contributed by atoms with Crippen molar-refractivity contribution in [2.24, 2.45) is 11.8 Å². The fourth-order valence-electron chi connectivity index (χ4n) is 3.83. The summed E-state index contributed by atoms with van der Waals surface area (Å²) in [6.45, 7) is 0.388. The van der Waals surface area contributed by atoms with Crippen LogP contribution >= 0.6 is 0 Å². The van der Waals surface area contributed by atoms with Gasteiger partial charge in [-0.05, 0) is 6.07 Å². The first-order valence-corrected chi connectivity index (χ1v) is 7.14. The molecule has 1 N–H and O–H groups in total. The summed E-state index contributed by atoms with van der Waals surface area (Å²) in [4.78, 5) is 25.6. The number of carboxylic acid groups (broad SMARTS) is 1. The maximum Gasteiger partial charge on any atom is 0.310 e. The van der Waals surface area contributed by atoms with Gasteiger partial charge in [0.15, 0.2) is 0 Å². The molecule has 1 aromatic rings. The molecule has 0 aromatic heterocycles. The lowest BCUT2D eigenvalue weighted by Crippen LogP contribution is -2.39. The molecule has 1 aromatic carbocycles. The van der Waals surface area contributed by atoms with Gasteiger partial charge in [-0.25, -0.2) is 4.39 Å². The van der Waals surface area contributed by atoms with Crippen molar-refractivity contribution >= 4 is 11.9 Å². The number of rotatable bonds is 3. The SMILES string of the molecule is O=C(O)[C@H]1[C@@H]2C=C[C@]3(CN(Cc4ccccc4F)C(=O)[C@@H]13)O2. The van der Waals surface area contributed by atoms with Crippen LogP contribution in [-0.4, -0.2) is 40.1 Å². The summed E-state index contributed by atoms with van der Waals surface area (Å²) in [6, 6.07) is 6.26. The van der Waals surface area contributed by atoms with Crippen LogP contribution in [0, 0.1) is 17.7 Å². The lowest BCUT2D eigenvalue weighted by Gasteiger charge is -2.21. The van der Waals surface area contributed by atoms with Gasteiger partial charge in [0.05, 0.1) is 18.6 Å². The predicted octanol–water partition coefficient (Wildman–Crippen LogP) is 1.19. The molecule has 2 bridgehead atoms. The van der Waals surface area contributed by atoms with Crippen molar-refractivity contribution in [1.29, 1.82) is 0 Å². The van der Waals surface area contributed by atoms with Gasteiger partial charge in [0.25, 0.3) is 0 Å². The molecule has 2 saturated heterocycles. The maximum absolute atomic E-state index is 13.8. The Labute approximate surface area is 126 Å². The smallest absolute Gasteiger partial charge is 0.310 e. The number of halogens is 1. The van der Waals surface area contributed by atoms with Gasteiger partial charge in [0.1, 0.15) is 17.3 Å². The Morgan fingerprint density at radius 2 is 2.23 bits per heavy atom. The van der Waals surface area contributed by atoms with E-state index >= 15 is 0 Å². The zero-order valence-electron chi connectivity index (χ0n) is 11.6. The molecule has 3 aliphatic rings. The van der Waals surface area contributed by atoms with E-state index in [4.69, 9.17) is 4.74 Å². The summed E-state index contributed by atoms with van der Waals surface area (Å²) < 4.78 is 19.6. The van der Waals surface area contributed by atoms with E-state index < -0.39 is 29.5 Å². The third-order valence-corrected chi connectivity index (χ3v) is 4.78. The number of carboxylic acids is 1. The summed E-state index contributed by atoms with van der Waals surface area (Å²) in [7, 11) is 0. The molecule has 0 unspecified atom stereocenters. The quantitative estimate of drug-likeness (QED) is 0.852. The van der Waals surface area contributed by atoms with E-state index in [1.165, 1.54) is 11.0 Å². The van der Waals surface area contributed by atoms with Gasteiger partial charge in [-0.15, -0.1) is 0 Å². The number of hydrogen-bond donors (Lipinski definition) is 1. The molecular formula is C16H14FNO4. The number of hydrogen-bond acceptors (Lipinski definition) is 3. The highest BCUT2D eigenvalue weighted by molar-refractivity contribution is 5.90. The molecule has 0 radical (unpaired) electrons. The van der Waals surface area contributed by atoms with Gasteiger partial charge < -0.3 is 14.7 Å². The molecule has 1 spiro atoms. The third-order valence-electron chi connectivity index (χ3n) is 4.78. The number of fused-ring (bicyclic) bond motifs is 1. The summed E-state index contributed by atoms with van der Waals surface area (Å²) in [5.41, 5.74) is -0.451. The fourth-order valence-corrected chi connectivity index (χ4v) is 3.83. The second kappa shape index (κ2) is 4.39. The van der Waals surface area contributed by atoms with Crippen LogP contribution in [0.5, 0.6) is 0 Å². The van der Waals surface area contributed by atoms with E-state index in [2.05, 4.69) is 0 Å². The highest BCUT2D eigenvalue weighted by Crippen LogP contribution is 2.52. The first-order chi connectivity index (χ1) is 10.5. The summed E-state index contributed by atoms with van der Waals surface area (Å²) in [6.07, 6.45) is 2.97. The molecule has 2 fully saturated rings. The Morgan fingerprint density at radius 3 is 2.95 bits per heavy atom. The highest BCUT2D eigenvalue weighted by Gasteiger charge is 2.66. The number of likely N-dealkylation sites (tertiary alicyclic amines) is 1. The van der Waals surface area contributed by atoms with Crippen molar-refractivity contribution < 1.29 is 23.8 Å². The highest BCUT2D eigenvalue weighted by atomic mass is 19.1. The molecule has 0 saturated carbocycles. The van der Waals surface area contributed by atoms with Gasteiger partial charge >= 0.3 is 5.97 Å². The number of aliphatic carboxylic acids is 1. The van der Waals surface area contributed by atoms with Crippen molar-refractivity contribution in [2.75, 3.05) is 6.54 Å². The molecular weight excluding hydrogens is 289 g/mol. The van der Waals surface area contributed by atoms with E-state index in [9.17, 15) is 19.1 Å². The Hall–Kier alpha value is -2.21. The molecule has 1 amide bonds. The number of carbonyl (C=O) groups excluding carboxylic acids is 1. The van der Waals surface area contributed by atoms with Crippen LogP contribution in [0.25, 0.3) is 0 Å². The van der Waals surface area contributed by atoms with Crippen molar-refractivity contribution in [3.05, 3.63) is 47.8 Å². The average Bonchev–Trinajstić information content (AvgIpc) is 3.10. The van der Waals surface area contributed by atoms with Crippen LogP contribution < -0.4 is 0 Å². The van der Waals surface area contributed by atoms with E-state index in [1.54, 1.807) is 30.4 Å². The summed E-state index contributed by atoms with van der Waals surface area (Å²) >= 11 is 0.